The van der Waals surface area contributed by atoms with E-state index in [1.165, 1.54) is 22.3 Å². The van der Waals surface area contributed by atoms with E-state index in [9.17, 15) is 9.90 Å². The number of aliphatic hydroxyl groups excluding tert-OH is 1. The van der Waals surface area contributed by atoms with Gasteiger partial charge in [0.05, 0.1) is 0 Å². The van der Waals surface area contributed by atoms with Gasteiger partial charge in [-0.2, -0.15) is 0 Å². The minimum Gasteiger partial charge on any atom is -0.383 e. The zero-order chi connectivity index (χ0) is 16.0. The summed E-state index contributed by atoms with van der Waals surface area (Å²) >= 11 is 0. The molecule has 0 radical (unpaired) electrons. The fraction of sp³-hybridized carbons (Fsp3) is 0.350. The molecule has 3 aliphatic carbocycles. The predicted octanol–water partition coefficient (Wildman–Crippen LogP) is 2.71. The predicted molar refractivity (Wildman–Crippen MR) is 89.4 cm³/mol. The summed E-state index contributed by atoms with van der Waals surface area (Å²) in [7, 11) is 1.57. The van der Waals surface area contributed by atoms with E-state index in [1.807, 2.05) is 0 Å². The second-order valence-electron chi connectivity index (χ2n) is 6.68. The van der Waals surface area contributed by atoms with Gasteiger partial charge in [0.2, 0.25) is 5.91 Å². The largest absolute Gasteiger partial charge is 0.383 e. The van der Waals surface area contributed by atoms with E-state index < -0.39 is 6.10 Å². The van der Waals surface area contributed by atoms with Crippen molar-refractivity contribution in [2.75, 3.05) is 7.05 Å². The standard InChI is InChI=1S/C20H21NO2/c1-21-19(23)18(22)12-20-11-10-13(14-6-2-4-8-16(14)20)15-7-3-5-9-17(15)20/h2-9,13,18,22H,10-12H2,1H3,(H,21,23)/t13?,18-,20?/m1/s1. The maximum atomic E-state index is 11.9. The molecule has 3 heteroatoms. The Balaban J connectivity index is 1.90. The van der Waals surface area contributed by atoms with Gasteiger partial charge in [0.25, 0.3) is 0 Å². The van der Waals surface area contributed by atoms with Crippen molar-refractivity contribution in [2.24, 2.45) is 0 Å². The van der Waals surface area contributed by atoms with Crippen LogP contribution < -0.4 is 5.32 Å². The first-order valence-corrected chi connectivity index (χ1v) is 8.26. The highest BCUT2D eigenvalue weighted by molar-refractivity contribution is 5.80. The summed E-state index contributed by atoms with van der Waals surface area (Å²) in [6.07, 6.45) is 1.51. The van der Waals surface area contributed by atoms with Crippen LogP contribution in [0.5, 0.6) is 0 Å². The van der Waals surface area contributed by atoms with Crippen LogP contribution in [0.4, 0.5) is 0 Å². The molecule has 2 aromatic rings. The zero-order valence-corrected chi connectivity index (χ0v) is 13.3. The van der Waals surface area contributed by atoms with Crippen LogP contribution in [0.25, 0.3) is 0 Å². The molecule has 0 saturated heterocycles. The van der Waals surface area contributed by atoms with Gasteiger partial charge in [-0.25, -0.2) is 0 Å². The Morgan fingerprint density at radius 2 is 1.74 bits per heavy atom. The average molecular weight is 307 g/mol. The van der Waals surface area contributed by atoms with E-state index in [2.05, 4.69) is 53.8 Å². The maximum Gasteiger partial charge on any atom is 0.248 e. The first-order valence-electron chi connectivity index (χ1n) is 8.26. The first-order chi connectivity index (χ1) is 11.2. The minimum atomic E-state index is -0.990. The van der Waals surface area contributed by atoms with Crippen LogP contribution in [0, 0.1) is 0 Å². The minimum absolute atomic E-state index is 0.256. The first kappa shape index (κ1) is 14.5. The lowest BCUT2D eigenvalue weighted by molar-refractivity contribution is -0.129. The summed E-state index contributed by atoms with van der Waals surface area (Å²) in [4.78, 5) is 11.9. The molecule has 2 aromatic carbocycles. The van der Waals surface area contributed by atoms with Gasteiger partial charge in [-0.15, -0.1) is 0 Å². The third kappa shape index (κ3) is 1.96. The van der Waals surface area contributed by atoms with Crippen LogP contribution in [-0.4, -0.2) is 24.2 Å². The van der Waals surface area contributed by atoms with Gasteiger partial charge >= 0.3 is 0 Å². The monoisotopic (exact) mass is 307 g/mol. The highest BCUT2D eigenvalue weighted by Crippen LogP contribution is 2.57. The molecule has 1 amide bonds. The van der Waals surface area contributed by atoms with E-state index in [0.29, 0.717) is 12.3 Å². The van der Waals surface area contributed by atoms with E-state index in [0.717, 1.165) is 12.8 Å². The molecule has 5 rings (SSSR count). The molecule has 3 nitrogen and oxygen atoms in total. The molecule has 0 saturated carbocycles. The van der Waals surface area contributed by atoms with Crippen LogP contribution >= 0.6 is 0 Å². The zero-order valence-electron chi connectivity index (χ0n) is 13.3. The number of likely N-dealkylation sites (N-methyl/N-ethyl adjacent to an activating group) is 1. The fourth-order valence-electron chi connectivity index (χ4n) is 4.67. The molecule has 118 valence electrons. The number of nitrogens with one attached hydrogen (secondary N) is 1. The molecule has 0 heterocycles. The molecule has 23 heavy (non-hydrogen) atoms. The third-order valence-corrected chi connectivity index (χ3v) is 5.65. The second-order valence-corrected chi connectivity index (χ2v) is 6.68. The summed E-state index contributed by atoms with van der Waals surface area (Å²) in [5.41, 5.74) is 5.05. The Labute approximate surface area is 136 Å². The van der Waals surface area contributed by atoms with E-state index >= 15 is 0 Å². The smallest absolute Gasteiger partial charge is 0.248 e. The summed E-state index contributed by atoms with van der Waals surface area (Å²) in [5, 5.41) is 13.0. The summed E-state index contributed by atoms with van der Waals surface area (Å²) < 4.78 is 0. The van der Waals surface area contributed by atoms with Gasteiger partial charge in [0, 0.05) is 18.4 Å². The Morgan fingerprint density at radius 3 is 2.30 bits per heavy atom. The fourth-order valence-corrected chi connectivity index (χ4v) is 4.67. The number of amides is 1. The van der Waals surface area contributed by atoms with Gasteiger partial charge in [-0.1, -0.05) is 48.5 Å². The van der Waals surface area contributed by atoms with Gasteiger partial charge in [-0.3, -0.25) is 4.79 Å². The number of hydrogen-bond donors (Lipinski definition) is 2. The topological polar surface area (TPSA) is 49.3 Å². The quantitative estimate of drug-likeness (QED) is 0.916. The van der Waals surface area contributed by atoms with Crippen molar-refractivity contribution >= 4 is 5.91 Å². The van der Waals surface area contributed by atoms with Crippen LogP contribution in [-0.2, 0) is 10.2 Å². The molecular weight excluding hydrogens is 286 g/mol. The molecule has 0 fully saturated rings. The molecule has 0 unspecified atom stereocenters. The van der Waals surface area contributed by atoms with Crippen LogP contribution in [0.15, 0.2) is 48.5 Å². The molecular formula is C20H21NO2. The van der Waals surface area contributed by atoms with Gasteiger partial charge in [0.1, 0.15) is 6.10 Å². The van der Waals surface area contributed by atoms with Crippen molar-refractivity contribution in [3.63, 3.8) is 0 Å². The van der Waals surface area contributed by atoms with Gasteiger partial charge < -0.3 is 10.4 Å². The molecule has 2 N–H and O–H groups in total. The molecule has 1 atom stereocenters. The number of benzene rings is 2. The Kier molecular flexibility index (Phi) is 3.27. The highest BCUT2D eigenvalue weighted by Gasteiger charge is 2.49. The lowest BCUT2D eigenvalue weighted by Crippen LogP contribution is -2.45. The second kappa shape index (κ2) is 5.20. The Morgan fingerprint density at radius 1 is 1.17 bits per heavy atom. The van der Waals surface area contributed by atoms with Crippen LogP contribution in [0.2, 0.25) is 0 Å². The third-order valence-electron chi connectivity index (χ3n) is 5.65. The van der Waals surface area contributed by atoms with Crippen LogP contribution in [0.1, 0.15) is 47.4 Å². The normalized spacial score (nSPS) is 25.4. The number of carbonyl (C=O) groups is 1. The number of carbonyl (C=O) groups excluding carboxylic acids is 1. The number of aliphatic hydroxyl groups is 1. The van der Waals surface area contributed by atoms with Crippen LogP contribution in [0.3, 0.4) is 0 Å². The van der Waals surface area contributed by atoms with Crippen molar-refractivity contribution in [1.29, 1.82) is 0 Å². The van der Waals surface area contributed by atoms with Crippen molar-refractivity contribution < 1.29 is 9.90 Å². The van der Waals surface area contributed by atoms with E-state index in [4.69, 9.17) is 0 Å². The Bertz CT molecular complexity index is 720. The van der Waals surface area contributed by atoms with Gasteiger partial charge in [-0.05, 0) is 41.5 Å². The van der Waals surface area contributed by atoms with Crippen molar-refractivity contribution in [1.82, 2.24) is 5.32 Å². The average Bonchev–Trinajstić information content (AvgIpc) is 2.61. The Hall–Kier alpha value is -2.13. The van der Waals surface area contributed by atoms with E-state index in [1.54, 1.807) is 7.05 Å². The van der Waals surface area contributed by atoms with Crippen molar-refractivity contribution in [3.8, 4) is 0 Å². The summed E-state index contributed by atoms with van der Waals surface area (Å²) in [6.45, 7) is 0. The highest BCUT2D eigenvalue weighted by atomic mass is 16.3. The number of rotatable bonds is 3. The van der Waals surface area contributed by atoms with Gasteiger partial charge in [0.15, 0.2) is 0 Å². The van der Waals surface area contributed by atoms with Crippen molar-refractivity contribution in [3.05, 3.63) is 70.8 Å². The molecule has 0 aliphatic heterocycles. The molecule has 3 aliphatic rings. The summed E-state index contributed by atoms with van der Waals surface area (Å²) in [6, 6.07) is 17.1. The molecule has 0 aromatic heterocycles. The van der Waals surface area contributed by atoms with Crippen molar-refractivity contribution in [2.45, 2.75) is 36.7 Å². The molecule has 0 spiro atoms. The number of hydrogen-bond acceptors (Lipinski definition) is 2. The lowest BCUT2D eigenvalue weighted by Gasteiger charge is -2.50. The number of fused-ring (bicyclic) bond motifs is 1. The lowest BCUT2D eigenvalue weighted by atomic mass is 9.53. The maximum absolute atomic E-state index is 11.9. The summed E-state index contributed by atoms with van der Waals surface area (Å²) in [5.74, 6) is 0.142. The SMILES string of the molecule is CNC(=O)[C@H](O)CC12CCC(c3ccccc31)c1ccccc12. The van der Waals surface area contributed by atoms with E-state index in [-0.39, 0.29) is 11.3 Å². The molecule has 2 bridgehead atoms.